The Bertz CT molecular complexity index is 431. The average molecular weight is 285 g/mol. The maximum absolute atomic E-state index is 11.9. The molecular formula is C14H21ClN2O2. The van der Waals surface area contributed by atoms with Gasteiger partial charge in [-0.25, -0.2) is 0 Å². The van der Waals surface area contributed by atoms with Crippen molar-refractivity contribution in [2.75, 3.05) is 11.9 Å². The minimum Gasteiger partial charge on any atom is -0.506 e. The predicted molar refractivity (Wildman–Crippen MR) is 79.0 cm³/mol. The Morgan fingerprint density at radius 3 is 2.95 bits per heavy atom. The molecule has 1 atom stereocenters. The zero-order valence-corrected chi connectivity index (χ0v) is 11.9. The van der Waals surface area contributed by atoms with Crippen molar-refractivity contribution in [1.82, 2.24) is 5.32 Å². The summed E-state index contributed by atoms with van der Waals surface area (Å²) in [5.41, 5.74) is 1.61. The van der Waals surface area contributed by atoms with Crippen LogP contribution >= 0.6 is 12.4 Å². The Morgan fingerprint density at radius 1 is 1.53 bits per heavy atom. The number of aryl methyl sites for hydroxylation is 1. The number of anilines is 1. The molecule has 0 aromatic heterocycles. The van der Waals surface area contributed by atoms with E-state index in [9.17, 15) is 9.90 Å². The number of phenolic OH excluding ortho intramolecular Hbond substituents is 1. The van der Waals surface area contributed by atoms with Gasteiger partial charge in [0.05, 0.1) is 5.69 Å². The van der Waals surface area contributed by atoms with E-state index >= 15 is 0 Å². The highest BCUT2D eigenvalue weighted by Gasteiger charge is 2.18. The van der Waals surface area contributed by atoms with Gasteiger partial charge in [-0.2, -0.15) is 0 Å². The summed E-state index contributed by atoms with van der Waals surface area (Å²) in [4.78, 5) is 11.9. The zero-order valence-electron chi connectivity index (χ0n) is 11.1. The Hall–Kier alpha value is -1.26. The normalized spacial score (nSPS) is 17.8. The summed E-state index contributed by atoms with van der Waals surface area (Å²) in [6.45, 7) is 3.04. The first-order valence-electron chi connectivity index (χ1n) is 6.54. The molecule has 1 aromatic rings. The van der Waals surface area contributed by atoms with Crippen LogP contribution in [0.25, 0.3) is 0 Å². The largest absolute Gasteiger partial charge is 0.506 e. The van der Waals surface area contributed by atoms with Gasteiger partial charge in [0, 0.05) is 12.5 Å². The molecule has 2 rings (SSSR count). The van der Waals surface area contributed by atoms with Crippen LogP contribution in [0, 0.1) is 0 Å². The molecule has 0 radical (unpaired) electrons. The van der Waals surface area contributed by atoms with Crippen LogP contribution in [0.5, 0.6) is 5.75 Å². The predicted octanol–water partition coefficient (Wildman–Crippen LogP) is 2.46. The topological polar surface area (TPSA) is 61.4 Å². The summed E-state index contributed by atoms with van der Waals surface area (Å²) in [6.07, 6.45) is 3.53. The summed E-state index contributed by atoms with van der Waals surface area (Å²) in [6, 6.07) is 5.60. The van der Waals surface area contributed by atoms with Crippen molar-refractivity contribution in [3.63, 3.8) is 0 Å². The fourth-order valence-electron chi connectivity index (χ4n) is 2.26. The third-order valence-electron chi connectivity index (χ3n) is 3.34. The minimum atomic E-state index is -0.0436. The lowest BCUT2D eigenvalue weighted by Crippen LogP contribution is -2.27. The van der Waals surface area contributed by atoms with Gasteiger partial charge in [-0.15, -0.1) is 12.4 Å². The second kappa shape index (κ2) is 7.36. The van der Waals surface area contributed by atoms with E-state index in [1.54, 1.807) is 6.07 Å². The molecule has 1 heterocycles. The molecule has 5 heteroatoms. The third kappa shape index (κ3) is 4.40. The lowest BCUT2D eigenvalue weighted by Gasteiger charge is -2.12. The minimum absolute atomic E-state index is 0. The van der Waals surface area contributed by atoms with E-state index < -0.39 is 0 Å². The molecule has 1 aromatic carbocycles. The van der Waals surface area contributed by atoms with E-state index in [0.29, 0.717) is 12.1 Å². The number of rotatable bonds is 4. The highest BCUT2D eigenvalue weighted by Crippen LogP contribution is 2.25. The van der Waals surface area contributed by atoms with Crippen LogP contribution in [0.15, 0.2) is 18.2 Å². The zero-order chi connectivity index (χ0) is 13.0. The number of nitrogens with one attached hydrogen (secondary N) is 2. The van der Waals surface area contributed by atoms with Crippen LogP contribution in [0.3, 0.4) is 0 Å². The Morgan fingerprint density at radius 2 is 2.32 bits per heavy atom. The highest BCUT2D eigenvalue weighted by atomic mass is 35.5. The SMILES string of the molecule is CCc1ccc(O)c(NC(=O)CC2CCCN2)c1.Cl. The molecule has 1 amide bonds. The molecule has 0 spiro atoms. The van der Waals surface area contributed by atoms with Gasteiger partial charge in [-0.1, -0.05) is 13.0 Å². The van der Waals surface area contributed by atoms with Crippen molar-refractivity contribution in [3.05, 3.63) is 23.8 Å². The number of hydrogen-bond acceptors (Lipinski definition) is 3. The summed E-state index contributed by atoms with van der Waals surface area (Å²) in [5.74, 6) is 0.0814. The molecule has 106 valence electrons. The van der Waals surface area contributed by atoms with Crippen LogP contribution in [0.2, 0.25) is 0 Å². The van der Waals surface area contributed by atoms with Gasteiger partial charge in [-0.05, 0) is 43.5 Å². The molecule has 0 bridgehead atoms. The van der Waals surface area contributed by atoms with Gasteiger partial charge in [0.25, 0.3) is 0 Å². The van der Waals surface area contributed by atoms with Gasteiger partial charge >= 0.3 is 0 Å². The summed E-state index contributed by atoms with van der Waals surface area (Å²) in [5, 5.41) is 15.8. The quantitative estimate of drug-likeness (QED) is 0.744. The maximum Gasteiger partial charge on any atom is 0.226 e. The highest BCUT2D eigenvalue weighted by molar-refractivity contribution is 5.92. The van der Waals surface area contributed by atoms with Crippen molar-refractivity contribution in [1.29, 1.82) is 0 Å². The summed E-state index contributed by atoms with van der Waals surface area (Å²) < 4.78 is 0. The monoisotopic (exact) mass is 284 g/mol. The smallest absolute Gasteiger partial charge is 0.226 e. The first kappa shape index (κ1) is 15.8. The number of halogens is 1. The van der Waals surface area contributed by atoms with E-state index in [-0.39, 0.29) is 30.1 Å². The van der Waals surface area contributed by atoms with E-state index in [4.69, 9.17) is 0 Å². The van der Waals surface area contributed by atoms with Gasteiger partial charge in [-0.3, -0.25) is 4.79 Å². The van der Waals surface area contributed by atoms with Crippen LogP contribution in [-0.4, -0.2) is 23.6 Å². The van der Waals surface area contributed by atoms with Crippen LogP contribution in [-0.2, 0) is 11.2 Å². The number of amides is 1. The number of phenols is 1. The van der Waals surface area contributed by atoms with Gasteiger partial charge in [0.15, 0.2) is 0 Å². The fourth-order valence-corrected chi connectivity index (χ4v) is 2.26. The molecule has 1 fully saturated rings. The number of hydrogen-bond donors (Lipinski definition) is 3. The lowest BCUT2D eigenvalue weighted by atomic mass is 10.1. The van der Waals surface area contributed by atoms with Gasteiger partial charge in [0.1, 0.15) is 5.75 Å². The number of carbonyl (C=O) groups is 1. The first-order valence-corrected chi connectivity index (χ1v) is 6.54. The van der Waals surface area contributed by atoms with E-state index in [0.717, 1.165) is 31.4 Å². The van der Waals surface area contributed by atoms with Crippen molar-refractivity contribution in [2.45, 2.75) is 38.6 Å². The van der Waals surface area contributed by atoms with Crippen LogP contribution in [0.1, 0.15) is 31.7 Å². The molecule has 3 N–H and O–H groups in total. The standard InChI is InChI=1S/C14H20N2O2.ClH/c1-2-10-5-6-13(17)12(8-10)16-14(18)9-11-4-3-7-15-11;/h5-6,8,11,15,17H,2-4,7,9H2,1H3,(H,16,18);1H. The number of benzene rings is 1. The molecule has 0 saturated carbocycles. The van der Waals surface area contributed by atoms with E-state index in [1.807, 2.05) is 19.1 Å². The van der Waals surface area contributed by atoms with Crippen LogP contribution < -0.4 is 10.6 Å². The molecule has 0 aliphatic carbocycles. The maximum atomic E-state index is 11.9. The lowest BCUT2D eigenvalue weighted by molar-refractivity contribution is -0.116. The molecule has 1 aliphatic heterocycles. The molecule has 1 aliphatic rings. The van der Waals surface area contributed by atoms with E-state index in [2.05, 4.69) is 10.6 Å². The Kier molecular flexibility index (Phi) is 6.12. The molecular weight excluding hydrogens is 264 g/mol. The molecule has 4 nitrogen and oxygen atoms in total. The first-order chi connectivity index (χ1) is 8.69. The average Bonchev–Trinajstić information content (AvgIpc) is 2.84. The molecule has 1 unspecified atom stereocenters. The number of aromatic hydroxyl groups is 1. The summed E-state index contributed by atoms with van der Waals surface area (Å²) in [7, 11) is 0. The van der Waals surface area contributed by atoms with Crippen molar-refractivity contribution >= 4 is 24.0 Å². The molecule has 1 saturated heterocycles. The summed E-state index contributed by atoms with van der Waals surface area (Å²) >= 11 is 0. The Balaban J connectivity index is 0.00000180. The number of carbonyl (C=O) groups excluding carboxylic acids is 1. The second-order valence-electron chi connectivity index (χ2n) is 4.75. The van der Waals surface area contributed by atoms with Crippen LogP contribution in [0.4, 0.5) is 5.69 Å². The van der Waals surface area contributed by atoms with Gasteiger partial charge in [0.2, 0.25) is 5.91 Å². The van der Waals surface area contributed by atoms with Crippen molar-refractivity contribution < 1.29 is 9.90 Å². The Labute approximate surface area is 120 Å². The second-order valence-corrected chi connectivity index (χ2v) is 4.75. The molecule has 19 heavy (non-hydrogen) atoms. The fraction of sp³-hybridized carbons (Fsp3) is 0.500. The van der Waals surface area contributed by atoms with E-state index in [1.165, 1.54) is 0 Å². The third-order valence-corrected chi connectivity index (χ3v) is 3.34. The van der Waals surface area contributed by atoms with Gasteiger partial charge < -0.3 is 15.7 Å². The van der Waals surface area contributed by atoms with Crippen molar-refractivity contribution in [2.24, 2.45) is 0 Å². The van der Waals surface area contributed by atoms with Crippen molar-refractivity contribution in [3.8, 4) is 5.75 Å².